The van der Waals surface area contributed by atoms with E-state index in [1.807, 2.05) is 12.5 Å². The predicted octanol–water partition coefficient (Wildman–Crippen LogP) is 1.91. The van der Waals surface area contributed by atoms with E-state index in [2.05, 4.69) is 0 Å². The Morgan fingerprint density at radius 3 is 2.00 bits per heavy atom. The molecule has 1 aromatic rings. The minimum Gasteiger partial charge on any atom is -0.294 e. The van der Waals surface area contributed by atoms with Gasteiger partial charge in [0.15, 0.2) is 5.78 Å². The average Bonchev–Trinajstić information content (AvgIpc) is 2.16. The molecule has 1 rings (SSSR count). The lowest BCUT2D eigenvalue weighted by Crippen LogP contribution is -2.15. The van der Waals surface area contributed by atoms with Crippen LogP contribution in [0.4, 0.5) is 0 Å². The van der Waals surface area contributed by atoms with Crippen LogP contribution in [-0.4, -0.2) is 23.4 Å². The maximum Gasteiger partial charge on any atom is 0.362 e. The lowest BCUT2D eigenvalue weighted by atomic mass is 10.1. The van der Waals surface area contributed by atoms with Crippen LogP contribution < -0.4 is 0 Å². The van der Waals surface area contributed by atoms with E-state index in [4.69, 9.17) is 0 Å². The van der Waals surface area contributed by atoms with Gasteiger partial charge in [0, 0.05) is 5.56 Å². The normalized spacial score (nSPS) is 10.3. The Labute approximate surface area is 86.7 Å². The van der Waals surface area contributed by atoms with Gasteiger partial charge in [0.2, 0.25) is 0 Å². The lowest BCUT2D eigenvalue weighted by molar-refractivity contribution is 0.100. The van der Waals surface area contributed by atoms with E-state index < -0.39 is 0 Å². The highest BCUT2D eigenvalue weighted by molar-refractivity contribution is 8.10. The predicted molar refractivity (Wildman–Crippen MR) is 60.0 cm³/mol. The summed E-state index contributed by atoms with van der Waals surface area (Å²) < 4.78 is 0. The Kier molecular flexibility index (Phi) is 3.47. The molecule has 0 N–H and O–H groups in total. The number of ketones is 1. The number of carbonyl (C=O) groups excluding carboxylic acids is 2. The second kappa shape index (κ2) is 4.42. The molecule has 0 spiro atoms. The van der Waals surface area contributed by atoms with Crippen molar-refractivity contribution in [3.63, 3.8) is 0 Å². The maximum atomic E-state index is 11.7. The van der Waals surface area contributed by atoms with Crippen molar-refractivity contribution in [1.82, 2.24) is 0 Å². The van der Waals surface area contributed by atoms with E-state index in [1.165, 1.54) is 6.92 Å². The van der Waals surface area contributed by atoms with Gasteiger partial charge in [0.25, 0.3) is 0 Å². The molecule has 0 aliphatic rings. The molecule has 0 aliphatic heterocycles. The van der Waals surface area contributed by atoms with Gasteiger partial charge >= 0.3 is 5.12 Å². The monoisotopic (exact) mass is 209 g/mol. The molecule has 0 bridgehead atoms. The van der Waals surface area contributed by atoms with E-state index >= 15 is 0 Å². The summed E-state index contributed by atoms with van der Waals surface area (Å²) in [7, 11) is -0.329. The highest BCUT2D eigenvalue weighted by atomic mass is 32.2. The zero-order valence-corrected chi connectivity index (χ0v) is 9.35. The van der Waals surface area contributed by atoms with Crippen LogP contribution in [0.3, 0.4) is 0 Å². The van der Waals surface area contributed by atoms with Gasteiger partial charge in [-0.3, -0.25) is 4.79 Å². The topological polar surface area (TPSA) is 34.1 Å². The Balaban J connectivity index is 3.20. The van der Waals surface area contributed by atoms with Crippen molar-refractivity contribution in [2.24, 2.45) is 0 Å². The first-order chi connectivity index (χ1) is 6.54. The molecule has 0 saturated carbocycles. The van der Waals surface area contributed by atoms with Gasteiger partial charge in [0.05, 0.1) is 16.5 Å². The smallest absolute Gasteiger partial charge is 0.294 e. The standard InChI is InChI=1S/C11H13O2S/c1-8(12)9-6-4-5-7-10(9)11(13)14(2)3/h4-7H,1-3H3/q+1. The van der Waals surface area contributed by atoms with Gasteiger partial charge in [-0.15, -0.1) is 0 Å². The summed E-state index contributed by atoms with van der Waals surface area (Å²) in [6.07, 6.45) is 3.72. The molecule has 74 valence electrons. The van der Waals surface area contributed by atoms with Crippen molar-refractivity contribution in [3.05, 3.63) is 35.4 Å². The zero-order chi connectivity index (χ0) is 10.7. The molecule has 2 nitrogen and oxygen atoms in total. The molecule has 0 aromatic heterocycles. The van der Waals surface area contributed by atoms with Crippen LogP contribution >= 0.6 is 0 Å². The number of rotatable bonds is 2. The van der Waals surface area contributed by atoms with Gasteiger partial charge in [-0.2, -0.15) is 0 Å². The van der Waals surface area contributed by atoms with E-state index in [0.29, 0.717) is 11.1 Å². The first-order valence-electron chi connectivity index (χ1n) is 4.26. The van der Waals surface area contributed by atoms with Crippen LogP contribution in [0.25, 0.3) is 0 Å². The SMILES string of the molecule is CC(=O)c1ccccc1C(=O)[S+](C)C. The quantitative estimate of drug-likeness (QED) is 0.550. The molecule has 0 amide bonds. The van der Waals surface area contributed by atoms with Crippen LogP contribution in [0, 0.1) is 0 Å². The van der Waals surface area contributed by atoms with E-state index in [9.17, 15) is 9.59 Å². The third-order valence-corrected chi connectivity index (χ3v) is 2.86. The summed E-state index contributed by atoms with van der Waals surface area (Å²) in [6.45, 7) is 1.48. The van der Waals surface area contributed by atoms with Crippen molar-refractivity contribution >= 4 is 21.8 Å². The van der Waals surface area contributed by atoms with Crippen LogP contribution in [-0.2, 0) is 10.9 Å². The van der Waals surface area contributed by atoms with Crippen molar-refractivity contribution in [2.45, 2.75) is 6.92 Å². The van der Waals surface area contributed by atoms with Gasteiger partial charge in [-0.05, 0) is 13.0 Å². The fourth-order valence-corrected chi connectivity index (χ4v) is 1.81. The summed E-state index contributed by atoms with van der Waals surface area (Å²) in [6, 6.07) is 6.97. The first kappa shape index (κ1) is 11.0. The van der Waals surface area contributed by atoms with Crippen molar-refractivity contribution in [2.75, 3.05) is 12.5 Å². The largest absolute Gasteiger partial charge is 0.362 e. The lowest BCUT2D eigenvalue weighted by Gasteiger charge is -2.01. The first-order valence-corrected chi connectivity index (χ1v) is 6.30. The maximum absolute atomic E-state index is 11.7. The molecule has 0 unspecified atom stereocenters. The van der Waals surface area contributed by atoms with Crippen molar-refractivity contribution in [1.29, 1.82) is 0 Å². The minimum absolute atomic E-state index is 0.0517. The molecule has 0 saturated heterocycles. The van der Waals surface area contributed by atoms with Crippen LogP contribution in [0.1, 0.15) is 27.6 Å². The third-order valence-electron chi connectivity index (χ3n) is 1.90. The third kappa shape index (κ3) is 2.23. The van der Waals surface area contributed by atoms with Crippen LogP contribution in [0.5, 0.6) is 0 Å². The van der Waals surface area contributed by atoms with Gasteiger partial charge in [-0.1, -0.05) is 18.2 Å². The van der Waals surface area contributed by atoms with Crippen LogP contribution in [0.2, 0.25) is 0 Å². The summed E-state index contributed by atoms with van der Waals surface area (Å²) >= 11 is 0. The van der Waals surface area contributed by atoms with E-state index in [0.717, 1.165) is 0 Å². The number of hydrogen-bond acceptors (Lipinski definition) is 2. The second-order valence-corrected chi connectivity index (χ2v) is 5.21. The number of Topliss-reactive ketones (excluding diaryl/α,β-unsaturated/α-hetero) is 1. The fourth-order valence-electron chi connectivity index (χ4n) is 1.19. The minimum atomic E-state index is -0.329. The van der Waals surface area contributed by atoms with E-state index in [-0.39, 0.29) is 21.8 Å². The Morgan fingerprint density at radius 2 is 1.57 bits per heavy atom. The molecular formula is C11H13O2S+. The molecular weight excluding hydrogens is 196 g/mol. The fraction of sp³-hybridized carbons (Fsp3) is 0.273. The van der Waals surface area contributed by atoms with E-state index in [1.54, 1.807) is 24.3 Å². The second-order valence-electron chi connectivity index (χ2n) is 3.21. The number of benzene rings is 1. The van der Waals surface area contributed by atoms with Crippen molar-refractivity contribution in [3.8, 4) is 0 Å². The van der Waals surface area contributed by atoms with Gasteiger partial charge in [0.1, 0.15) is 12.5 Å². The number of hydrogen-bond donors (Lipinski definition) is 0. The summed E-state index contributed by atoms with van der Waals surface area (Å²) in [5, 5.41) is 0.0517. The molecule has 3 heteroatoms. The Bertz CT molecular complexity index is 369. The van der Waals surface area contributed by atoms with Crippen molar-refractivity contribution < 1.29 is 9.59 Å². The summed E-state index contributed by atoms with van der Waals surface area (Å²) in [4.78, 5) is 23.0. The molecule has 0 radical (unpaired) electrons. The molecule has 0 heterocycles. The molecule has 14 heavy (non-hydrogen) atoms. The molecule has 0 fully saturated rings. The summed E-state index contributed by atoms with van der Waals surface area (Å²) in [5.41, 5.74) is 1.08. The summed E-state index contributed by atoms with van der Waals surface area (Å²) in [5.74, 6) is -0.0561. The Morgan fingerprint density at radius 1 is 1.07 bits per heavy atom. The highest BCUT2D eigenvalue weighted by Gasteiger charge is 2.23. The Hall–Kier alpha value is -1.09. The highest BCUT2D eigenvalue weighted by Crippen LogP contribution is 2.12. The van der Waals surface area contributed by atoms with Crippen LogP contribution in [0.15, 0.2) is 24.3 Å². The molecule has 0 atom stereocenters. The zero-order valence-electron chi connectivity index (χ0n) is 8.53. The average molecular weight is 209 g/mol. The number of carbonyl (C=O) groups is 2. The van der Waals surface area contributed by atoms with Gasteiger partial charge < -0.3 is 0 Å². The van der Waals surface area contributed by atoms with Gasteiger partial charge in [-0.25, -0.2) is 4.79 Å². The molecule has 1 aromatic carbocycles. The molecule has 0 aliphatic carbocycles.